The molecule has 4 rings (SSSR count). The average Bonchev–Trinajstić information content (AvgIpc) is 3.15. The molecule has 6 heteroatoms. The Morgan fingerprint density at radius 1 is 1.21 bits per heavy atom. The molecule has 1 atom stereocenters. The largest absolute Gasteiger partial charge is 0.496 e. The van der Waals surface area contributed by atoms with Gasteiger partial charge >= 0.3 is 0 Å². The predicted octanol–water partition coefficient (Wildman–Crippen LogP) is 7.67. The Kier molecular flexibility index (Phi) is 7.05. The molecule has 0 bridgehead atoms. The number of fused-ring (bicyclic) bond motifs is 1. The van der Waals surface area contributed by atoms with Gasteiger partial charge in [0.25, 0.3) is 5.91 Å². The van der Waals surface area contributed by atoms with E-state index in [0.29, 0.717) is 11.5 Å². The van der Waals surface area contributed by atoms with Crippen molar-refractivity contribution in [2.24, 2.45) is 16.3 Å². The number of aliphatic imine (C=N–C) groups is 1. The number of amides is 1. The number of ether oxygens (including phenoxy) is 1. The summed E-state index contributed by atoms with van der Waals surface area (Å²) in [5.74, 6) is 1.24. The summed E-state index contributed by atoms with van der Waals surface area (Å²) in [7, 11) is 1.65. The standard InChI is InChI=1S/C27H29BrN2O2S/c1-27(2,3)18-10-12-21-23(15-18)33-26(24(21)25(31)30-20-8-6-5-7-9-20)29-16-17-14-19(28)11-13-22(17)32-4/h5-9,11,13-14,16,18H,10,12,15H2,1-4H3,(H,30,31)/t18-/m1/s1. The summed E-state index contributed by atoms with van der Waals surface area (Å²) in [6, 6.07) is 15.4. The van der Waals surface area contributed by atoms with E-state index in [9.17, 15) is 4.79 Å². The Morgan fingerprint density at radius 2 is 1.97 bits per heavy atom. The summed E-state index contributed by atoms with van der Waals surface area (Å²) in [6.07, 6.45) is 4.77. The minimum Gasteiger partial charge on any atom is -0.496 e. The molecule has 1 aromatic heterocycles. The van der Waals surface area contributed by atoms with E-state index in [1.807, 2.05) is 48.5 Å². The summed E-state index contributed by atoms with van der Waals surface area (Å²) in [5, 5.41) is 3.82. The highest BCUT2D eigenvalue weighted by Crippen LogP contribution is 2.45. The molecular formula is C27H29BrN2O2S. The second-order valence-electron chi connectivity index (χ2n) is 9.45. The van der Waals surface area contributed by atoms with Gasteiger partial charge in [-0.1, -0.05) is 54.9 Å². The molecule has 33 heavy (non-hydrogen) atoms. The van der Waals surface area contributed by atoms with Crippen molar-refractivity contribution in [3.63, 3.8) is 0 Å². The monoisotopic (exact) mass is 524 g/mol. The van der Waals surface area contributed by atoms with Gasteiger partial charge in [-0.25, -0.2) is 4.99 Å². The van der Waals surface area contributed by atoms with Crippen molar-refractivity contribution in [2.75, 3.05) is 12.4 Å². The fraction of sp³-hybridized carbons (Fsp3) is 0.333. The van der Waals surface area contributed by atoms with Gasteiger partial charge in [0.2, 0.25) is 0 Å². The molecule has 1 amide bonds. The molecule has 0 aliphatic heterocycles. The number of rotatable bonds is 5. The van der Waals surface area contributed by atoms with Crippen LogP contribution in [0.1, 0.15) is 53.6 Å². The Hall–Kier alpha value is -2.44. The fourth-order valence-electron chi connectivity index (χ4n) is 4.29. The highest BCUT2D eigenvalue weighted by Gasteiger charge is 2.33. The zero-order valence-electron chi connectivity index (χ0n) is 19.4. The van der Waals surface area contributed by atoms with Crippen LogP contribution in [0.2, 0.25) is 0 Å². The number of halogens is 1. The Morgan fingerprint density at radius 3 is 2.67 bits per heavy atom. The number of para-hydroxylation sites is 1. The van der Waals surface area contributed by atoms with Gasteiger partial charge in [0.1, 0.15) is 10.8 Å². The summed E-state index contributed by atoms with van der Waals surface area (Å²) in [5.41, 5.74) is 3.75. The molecule has 1 N–H and O–H groups in total. The molecular weight excluding hydrogens is 496 g/mol. The summed E-state index contributed by atoms with van der Waals surface area (Å²) in [6.45, 7) is 6.91. The number of benzene rings is 2. The van der Waals surface area contributed by atoms with E-state index in [4.69, 9.17) is 9.73 Å². The van der Waals surface area contributed by atoms with Crippen molar-refractivity contribution in [3.05, 3.63) is 74.6 Å². The smallest absolute Gasteiger partial charge is 0.259 e. The average molecular weight is 526 g/mol. The third-order valence-electron chi connectivity index (χ3n) is 6.24. The number of nitrogens with zero attached hydrogens (tertiary/aromatic N) is 1. The number of thiophene rings is 1. The molecule has 0 unspecified atom stereocenters. The lowest BCUT2D eigenvalue weighted by Gasteiger charge is -2.33. The van der Waals surface area contributed by atoms with Gasteiger partial charge in [-0.15, -0.1) is 11.3 Å². The third-order valence-corrected chi connectivity index (χ3v) is 7.90. The van der Waals surface area contributed by atoms with E-state index in [0.717, 1.165) is 51.3 Å². The first-order chi connectivity index (χ1) is 15.8. The lowest BCUT2D eigenvalue weighted by Crippen LogP contribution is -2.27. The number of carbonyl (C=O) groups excluding carboxylic acids is 1. The van der Waals surface area contributed by atoms with Crippen molar-refractivity contribution >= 4 is 50.1 Å². The van der Waals surface area contributed by atoms with Crippen molar-refractivity contribution in [1.29, 1.82) is 0 Å². The van der Waals surface area contributed by atoms with Crippen LogP contribution in [0.5, 0.6) is 5.75 Å². The predicted molar refractivity (Wildman–Crippen MR) is 142 cm³/mol. The number of hydrogen-bond acceptors (Lipinski definition) is 4. The van der Waals surface area contributed by atoms with Gasteiger partial charge in [-0.3, -0.25) is 4.79 Å². The first-order valence-electron chi connectivity index (χ1n) is 11.1. The van der Waals surface area contributed by atoms with E-state index in [2.05, 4.69) is 42.0 Å². The van der Waals surface area contributed by atoms with E-state index in [-0.39, 0.29) is 11.3 Å². The molecule has 2 aromatic carbocycles. The van der Waals surface area contributed by atoms with Crippen LogP contribution in [-0.4, -0.2) is 19.2 Å². The molecule has 0 radical (unpaired) electrons. The van der Waals surface area contributed by atoms with E-state index in [1.54, 1.807) is 24.7 Å². The lowest BCUT2D eigenvalue weighted by atomic mass is 9.72. The van der Waals surface area contributed by atoms with Crippen LogP contribution in [0.4, 0.5) is 10.7 Å². The maximum absolute atomic E-state index is 13.4. The molecule has 0 saturated heterocycles. The first kappa shape index (κ1) is 23.7. The zero-order valence-corrected chi connectivity index (χ0v) is 21.8. The van der Waals surface area contributed by atoms with Crippen LogP contribution in [0.25, 0.3) is 0 Å². The number of hydrogen-bond donors (Lipinski definition) is 1. The van der Waals surface area contributed by atoms with E-state index in [1.165, 1.54) is 4.88 Å². The van der Waals surface area contributed by atoms with E-state index < -0.39 is 0 Å². The maximum Gasteiger partial charge on any atom is 0.259 e. The molecule has 1 aliphatic rings. The molecule has 3 aromatic rings. The summed E-state index contributed by atoms with van der Waals surface area (Å²) in [4.78, 5) is 19.5. The van der Waals surface area contributed by atoms with Crippen molar-refractivity contribution in [1.82, 2.24) is 0 Å². The molecule has 1 aliphatic carbocycles. The number of methoxy groups -OCH3 is 1. The van der Waals surface area contributed by atoms with Crippen LogP contribution in [-0.2, 0) is 12.8 Å². The topological polar surface area (TPSA) is 50.7 Å². The Balaban J connectivity index is 1.73. The minimum atomic E-state index is -0.0961. The van der Waals surface area contributed by atoms with Gasteiger partial charge in [0.05, 0.1) is 12.7 Å². The maximum atomic E-state index is 13.4. The van der Waals surface area contributed by atoms with Gasteiger partial charge < -0.3 is 10.1 Å². The van der Waals surface area contributed by atoms with Crippen LogP contribution < -0.4 is 10.1 Å². The molecule has 0 spiro atoms. The SMILES string of the molecule is COc1ccc(Br)cc1C=Nc1sc2c(c1C(=O)Nc1ccccc1)CC[C@@H](C(C)(C)C)C2. The molecule has 4 nitrogen and oxygen atoms in total. The second kappa shape index (κ2) is 9.82. The Bertz CT molecular complexity index is 1180. The lowest BCUT2D eigenvalue weighted by molar-refractivity contribution is 0.102. The minimum absolute atomic E-state index is 0.0961. The number of carbonyl (C=O) groups is 1. The van der Waals surface area contributed by atoms with Gasteiger partial charge in [-0.05, 0) is 66.5 Å². The zero-order chi connectivity index (χ0) is 23.6. The highest BCUT2D eigenvalue weighted by atomic mass is 79.9. The van der Waals surface area contributed by atoms with E-state index >= 15 is 0 Å². The molecule has 0 saturated carbocycles. The molecule has 172 valence electrons. The van der Waals surface area contributed by atoms with Gasteiger partial charge in [-0.2, -0.15) is 0 Å². The summed E-state index contributed by atoms with van der Waals surface area (Å²) < 4.78 is 6.44. The first-order valence-corrected chi connectivity index (χ1v) is 12.8. The van der Waals surface area contributed by atoms with Crippen molar-refractivity contribution < 1.29 is 9.53 Å². The number of nitrogens with one attached hydrogen (secondary N) is 1. The third kappa shape index (κ3) is 5.39. The van der Waals surface area contributed by atoms with Crippen LogP contribution in [0.3, 0.4) is 0 Å². The Labute approximate surface area is 208 Å². The highest BCUT2D eigenvalue weighted by molar-refractivity contribution is 9.10. The van der Waals surface area contributed by atoms with Crippen LogP contribution in [0.15, 0.2) is 58.0 Å². The normalized spacial score (nSPS) is 16.0. The van der Waals surface area contributed by atoms with Crippen molar-refractivity contribution in [2.45, 2.75) is 40.0 Å². The van der Waals surface area contributed by atoms with Crippen LogP contribution >= 0.6 is 27.3 Å². The fourth-order valence-corrected chi connectivity index (χ4v) is 5.93. The van der Waals surface area contributed by atoms with Gasteiger partial charge in [0.15, 0.2) is 0 Å². The second-order valence-corrected chi connectivity index (χ2v) is 11.5. The molecule has 1 heterocycles. The number of anilines is 1. The van der Waals surface area contributed by atoms with Crippen LogP contribution in [0, 0.1) is 11.3 Å². The quantitative estimate of drug-likeness (QED) is 0.348. The molecule has 0 fully saturated rings. The summed E-state index contributed by atoms with van der Waals surface area (Å²) >= 11 is 5.17. The van der Waals surface area contributed by atoms with Gasteiger partial charge in [0, 0.05) is 26.8 Å². The van der Waals surface area contributed by atoms with Crippen molar-refractivity contribution in [3.8, 4) is 5.75 Å².